The van der Waals surface area contributed by atoms with E-state index in [1.165, 1.54) is 50.0 Å². The maximum Gasteiger partial charge on any atom is 0.0370 e. The molecule has 1 saturated heterocycles. The van der Waals surface area contributed by atoms with Gasteiger partial charge in [-0.3, -0.25) is 0 Å². The molecule has 2 rings (SSSR count). The fourth-order valence-electron chi connectivity index (χ4n) is 2.69. The maximum absolute atomic E-state index is 5.87. The molecule has 2 nitrogen and oxygen atoms in total. The Kier molecular flexibility index (Phi) is 3.93. The highest BCUT2D eigenvalue weighted by atomic mass is 15.1. The maximum atomic E-state index is 5.87. The van der Waals surface area contributed by atoms with E-state index in [4.69, 9.17) is 5.73 Å². The van der Waals surface area contributed by atoms with Crippen molar-refractivity contribution >= 4 is 11.4 Å². The molecule has 1 aromatic carbocycles. The third-order valence-corrected chi connectivity index (χ3v) is 4.04. The van der Waals surface area contributed by atoms with Crippen molar-refractivity contribution in [2.24, 2.45) is 5.92 Å². The summed E-state index contributed by atoms with van der Waals surface area (Å²) in [5.41, 5.74) is 9.31. The van der Waals surface area contributed by atoms with Crippen molar-refractivity contribution in [1.29, 1.82) is 0 Å². The highest BCUT2D eigenvalue weighted by molar-refractivity contribution is 5.58. The lowest BCUT2D eigenvalue weighted by molar-refractivity contribution is 0.459. The Balaban J connectivity index is 2.08. The summed E-state index contributed by atoms with van der Waals surface area (Å²) in [5.74, 6) is 0.926. The van der Waals surface area contributed by atoms with Crippen LogP contribution in [0.3, 0.4) is 0 Å². The number of hydrogen-bond donors (Lipinski definition) is 1. The molecule has 1 aromatic rings. The SMILES string of the molecule is CCC1CCCN(c2ccc(N)c(C)c2)CC1. The van der Waals surface area contributed by atoms with Crippen LogP contribution in [0.2, 0.25) is 0 Å². The molecule has 1 unspecified atom stereocenters. The fourth-order valence-corrected chi connectivity index (χ4v) is 2.69. The van der Waals surface area contributed by atoms with Crippen LogP contribution in [0.25, 0.3) is 0 Å². The Morgan fingerprint density at radius 1 is 1.29 bits per heavy atom. The Labute approximate surface area is 105 Å². The van der Waals surface area contributed by atoms with Crippen LogP contribution in [-0.2, 0) is 0 Å². The van der Waals surface area contributed by atoms with Gasteiger partial charge in [0.25, 0.3) is 0 Å². The van der Waals surface area contributed by atoms with Crippen LogP contribution < -0.4 is 10.6 Å². The summed E-state index contributed by atoms with van der Waals surface area (Å²) in [5, 5.41) is 0. The smallest absolute Gasteiger partial charge is 0.0370 e. The van der Waals surface area contributed by atoms with Gasteiger partial charge in [0.15, 0.2) is 0 Å². The van der Waals surface area contributed by atoms with Crippen molar-refractivity contribution in [3.8, 4) is 0 Å². The van der Waals surface area contributed by atoms with Crippen LogP contribution in [-0.4, -0.2) is 13.1 Å². The molecule has 0 aliphatic carbocycles. The van der Waals surface area contributed by atoms with E-state index in [1.807, 2.05) is 6.07 Å². The second-order valence-corrected chi connectivity index (χ2v) is 5.23. The van der Waals surface area contributed by atoms with Gasteiger partial charge in [-0.05, 0) is 55.9 Å². The lowest BCUT2D eigenvalue weighted by atomic mass is 9.98. The molecule has 0 saturated carbocycles. The largest absolute Gasteiger partial charge is 0.399 e. The lowest BCUT2D eigenvalue weighted by Gasteiger charge is -2.23. The number of nitrogens with zero attached hydrogens (tertiary/aromatic N) is 1. The topological polar surface area (TPSA) is 29.3 Å². The number of nitrogen functional groups attached to an aromatic ring is 1. The van der Waals surface area contributed by atoms with Crippen molar-refractivity contribution < 1.29 is 0 Å². The van der Waals surface area contributed by atoms with E-state index in [0.29, 0.717) is 0 Å². The summed E-state index contributed by atoms with van der Waals surface area (Å²) in [7, 11) is 0. The number of benzene rings is 1. The van der Waals surface area contributed by atoms with Crippen LogP contribution in [0.15, 0.2) is 18.2 Å². The quantitative estimate of drug-likeness (QED) is 0.789. The Morgan fingerprint density at radius 3 is 2.82 bits per heavy atom. The third kappa shape index (κ3) is 2.93. The average molecular weight is 232 g/mol. The molecule has 0 radical (unpaired) electrons. The molecule has 94 valence electrons. The summed E-state index contributed by atoms with van der Waals surface area (Å²) in [6, 6.07) is 6.42. The van der Waals surface area contributed by atoms with Crippen LogP contribution in [0.5, 0.6) is 0 Å². The van der Waals surface area contributed by atoms with Crippen molar-refractivity contribution in [3.05, 3.63) is 23.8 Å². The molecule has 0 bridgehead atoms. The third-order valence-electron chi connectivity index (χ3n) is 4.04. The first-order valence-corrected chi connectivity index (χ1v) is 6.81. The summed E-state index contributed by atoms with van der Waals surface area (Å²) in [4.78, 5) is 2.52. The Morgan fingerprint density at radius 2 is 2.12 bits per heavy atom. The Hall–Kier alpha value is -1.18. The van der Waals surface area contributed by atoms with E-state index in [1.54, 1.807) is 0 Å². The van der Waals surface area contributed by atoms with Gasteiger partial charge in [-0.25, -0.2) is 0 Å². The van der Waals surface area contributed by atoms with Crippen molar-refractivity contribution in [2.45, 2.75) is 39.5 Å². The predicted molar refractivity (Wildman–Crippen MR) is 75.4 cm³/mol. The minimum Gasteiger partial charge on any atom is -0.399 e. The molecule has 1 aliphatic rings. The van der Waals surface area contributed by atoms with E-state index in [9.17, 15) is 0 Å². The molecule has 2 heteroatoms. The van der Waals surface area contributed by atoms with Gasteiger partial charge in [0, 0.05) is 24.5 Å². The first kappa shape index (κ1) is 12.3. The number of nitrogens with two attached hydrogens (primary N) is 1. The van der Waals surface area contributed by atoms with Crippen LogP contribution in [0, 0.1) is 12.8 Å². The van der Waals surface area contributed by atoms with Gasteiger partial charge in [-0.15, -0.1) is 0 Å². The first-order valence-electron chi connectivity index (χ1n) is 6.81. The number of aryl methyl sites for hydroxylation is 1. The fraction of sp³-hybridized carbons (Fsp3) is 0.600. The number of anilines is 2. The van der Waals surface area contributed by atoms with E-state index in [0.717, 1.165) is 11.6 Å². The van der Waals surface area contributed by atoms with E-state index >= 15 is 0 Å². The first-order chi connectivity index (χ1) is 8.20. The van der Waals surface area contributed by atoms with Crippen molar-refractivity contribution in [1.82, 2.24) is 0 Å². The van der Waals surface area contributed by atoms with Gasteiger partial charge in [-0.1, -0.05) is 13.3 Å². The molecule has 1 aliphatic heterocycles. The standard InChI is InChI=1S/C15H24N2/c1-3-13-5-4-9-17(10-8-13)14-6-7-15(16)12(2)11-14/h6-7,11,13H,3-5,8-10,16H2,1-2H3. The minimum atomic E-state index is 0.898. The van der Waals surface area contributed by atoms with Crippen LogP contribution in [0.1, 0.15) is 38.2 Å². The van der Waals surface area contributed by atoms with Gasteiger partial charge in [-0.2, -0.15) is 0 Å². The minimum absolute atomic E-state index is 0.898. The second kappa shape index (κ2) is 5.44. The predicted octanol–water partition coefficient (Wildman–Crippen LogP) is 3.59. The molecule has 0 aromatic heterocycles. The molecule has 0 spiro atoms. The molecular formula is C15H24N2. The van der Waals surface area contributed by atoms with Crippen LogP contribution in [0.4, 0.5) is 11.4 Å². The molecule has 17 heavy (non-hydrogen) atoms. The Bertz CT molecular complexity index is 373. The highest BCUT2D eigenvalue weighted by Gasteiger charge is 2.16. The molecule has 1 atom stereocenters. The molecular weight excluding hydrogens is 208 g/mol. The van der Waals surface area contributed by atoms with Gasteiger partial charge in [0.2, 0.25) is 0 Å². The van der Waals surface area contributed by atoms with E-state index in [2.05, 4.69) is 30.9 Å². The molecule has 1 heterocycles. The van der Waals surface area contributed by atoms with Gasteiger partial charge in [0.1, 0.15) is 0 Å². The summed E-state index contributed by atoms with van der Waals surface area (Å²) in [6.07, 6.45) is 5.37. The van der Waals surface area contributed by atoms with E-state index < -0.39 is 0 Å². The molecule has 2 N–H and O–H groups in total. The zero-order valence-corrected chi connectivity index (χ0v) is 11.1. The summed E-state index contributed by atoms with van der Waals surface area (Å²) >= 11 is 0. The lowest BCUT2D eigenvalue weighted by Crippen LogP contribution is -2.24. The van der Waals surface area contributed by atoms with Gasteiger partial charge in [0.05, 0.1) is 0 Å². The summed E-state index contributed by atoms with van der Waals surface area (Å²) in [6.45, 7) is 6.79. The second-order valence-electron chi connectivity index (χ2n) is 5.23. The average Bonchev–Trinajstić information content (AvgIpc) is 2.58. The van der Waals surface area contributed by atoms with E-state index in [-0.39, 0.29) is 0 Å². The zero-order chi connectivity index (χ0) is 12.3. The highest BCUT2D eigenvalue weighted by Crippen LogP contribution is 2.26. The monoisotopic (exact) mass is 232 g/mol. The van der Waals surface area contributed by atoms with Gasteiger partial charge < -0.3 is 10.6 Å². The zero-order valence-electron chi connectivity index (χ0n) is 11.1. The normalized spacial score (nSPS) is 21.3. The molecule has 1 fully saturated rings. The summed E-state index contributed by atoms with van der Waals surface area (Å²) < 4.78 is 0. The van der Waals surface area contributed by atoms with Gasteiger partial charge >= 0.3 is 0 Å². The van der Waals surface area contributed by atoms with Crippen molar-refractivity contribution in [2.75, 3.05) is 23.7 Å². The number of rotatable bonds is 2. The number of hydrogen-bond acceptors (Lipinski definition) is 2. The molecule has 0 amide bonds. The van der Waals surface area contributed by atoms with Crippen LogP contribution >= 0.6 is 0 Å². The van der Waals surface area contributed by atoms with Crippen molar-refractivity contribution in [3.63, 3.8) is 0 Å².